The molecule has 0 aliphatic carbocycles. The van der Waals surface area contributed by atoms with Gasteiger partial charge in [-0.25, -0.2) is 0 Å². The van der Waals surface area contributed by atoms with E-state index in [0.29, 0.717) is 6.16 Å². The maximum absolute atomic E-state index is 8.34. The third-order valence-electron chi connectivity index (χ3n) is 6.56. The van der Waals surface area contributed by atoms with E-state index in [1.54, 1.807) is 0 Å². The summed E-state index contributed by atoms with van der Waals surface area (Å²) < 4.78 is 2.00. The second kappa shape index (κ2) is 8.45. The van der Waals surface area contributed by atoms with Gasteiger partial charge in [0, 0.05) is 0 Å². The first-order valence-electron chi connectivity index (χ1n) is 11.4. The van der Waals surface area contributed by atoms with Crippen LogP contribution < -0.4 is 15.9 Å². The predicted molar refractivity (Wildman–Crippen MR) is 144 cm³/mol. The average Bonchev–Trinajstić information content (AvgIpc) is 3.24. The summed E-state index contributed by atoms with van der Waals surface area (Å²) in [5.41, 5.74) is 3.46. The van der Waals surface area contributed by atoms with Gasteiger partial charge in [-0.2, -0.15) is 0 Å². The third-order valence-corrected chi connectivity index (χ3v) is 13.7. The Labute approximate surface area is 200 Å². The number of aromatic nitrogens is 2. The standard InChI is InChI=1S/C29H28ClN2P/c1-23(2)29-27(28-20-12-13-21-32(28)31-29)22-33(30,24-14-6-3-7-15-24,25-16-8-4-9-17-25)26-18-10-5-11-19-26/h3-21,23H,22H2,1-2H3. The van der Waals surface area contributed by atoms with E-state index < -0.39 is 5.96 Å². The number of nitrogens with zero attached hydrogens (tertiary/aromatic N) is 2. The molecule has 0 unspecified atom stereocenters. The van der Waals surface area contributed by atoms with Crippen molar-refractivity contribution in [3.63, 3.8) is 0 Å². The topological polar surface area (TPSA) is 17.3 Å². The van der Waals surface area contributed by atoms with Crippen molar-refractivity contribution in [2.45, 2.75) is 25.9 Å². The molecule has 0 saturated carbocycles. The first-order valence-corrected chi connectivity index (χ1v) is 14.7. The van der Waals surface area contributed by atoms with Crippen LogP contribution in [0.4, 0.5) is 0 Å². The molecule has 0 spiro atoms. The van der Waals surface area contributed by atoms with E-state index in [4.69, 9.17) is 16.3 Å². The first-order chi connectivity index (χ1) is 16.0. The van der Waals surface area contributed by atoms with E-state index in [0.717, 1.165) is 11.2 Å². The van der Waals surface area contributed by atoms with Crippen molar-refractivity contribution in [1.29, 1.82) is 0 Å². The fourth-order valence-electron chi connectivity index (χ4n) is 4.93. The second-order valence-corrected chi connectivity index (χ2v) is 15.4. The normalized spacial score (nSPS) is 13.2. The Hall–Kier alpha value is -2.93. The monoisotopic (exact) mass is 470 g/mol. The number of fused-ring (bicyclic) bond motifs is 1. The van der Waals surface area contributed by atoms with Gasteiger partial charge in [0.25, 0.3) is 0 Å². The minimum absolute atomic E-state index is 0.285. The number of benzene rings is 3. The first kappa shape index (κ1) is 21.9. The van der Waals surface area contributed by atoms with Gasteiger partial charge in [-0.1, -0.05) is 0 Å². The summed E-state index contributed by atoms with van der Waals surface area (Å²) in [6.45, 7) is 4.42. The molecule has 0 fully saturated rings. The summed E-state index contributed by atoms with van der Waals surface area (Å²) in [6, 6.07) is 38.3. The summed E-state index contributed by atoms with van der Waals surface area (Å²) in [5.74, 6) is -3.14. The van der Waals surface area contributed by atoms with E-state index in [9.17, 15) is 0 Å². The fourth-order valence-corrected chi connectivity index (χ4v) is 11.0. The van der Waals surface area contributed by atoms with Crippen LogP contribution in [0.15, 0.2) is 115 Å². The van der Waals surface area contributed by atoms with Crippen LogP contribution in [0.1, 0.15) is 31.0 Å². The summed E-state index contributed by atoms with van der Waals surface area (Å²) in [6.07, 6.45) is 2.73. The molecule has 4 heteroatoms. The molecular weight excluding hydrogens is 443 g/mol. The van der Waals surface area contributed by atoms with Crippen LogP contribution in [0.2, 0.25) is 0 Å². The molecule has 0 bridgehead atoms. The predicted octanol–water partition coefficient (Wildman–Crippen LogP) is 6.64. The van der Waals surface area contributed by atoms with Crippen LogP contribution >= 0.6 is 17.2 Å². The van der Waals surface area contributed by atoms with Crippen molar-refractivity contribution in [1.82, 2.24) is 9.61 Å². The van der Waals surface area contributed by atoms with E-state index in [-0.39, 0.29) is 5.92 Å². The van der Waals surface area contributed by atoms with Crippen molar-refractivity contribution in [2.24, 2.45) is 0 Å². The zero-order valence-corrected chi connectivity index (χ0v) is 20.6. The maximum atomic E-state index is 8.34. The van der Waals surface area contributed by atoms with Crippen molar-refractivity contribution in [2.75, 3.05) is 0 Å². The molecule has 33 heavy (non-hydrogen) atoms. The summed E-state index contributed by atoms with van der Waals surface area (Å²) in [5, 5.41) is 8.51. The fraction of sp³-hybridized carbons (Fsp3) is 0.138. The van der Waals surface area contributed by atoms with Crippen molar-refractivity contribution in [3.05, 3.63) is 127 Å². The Morgan fingerprint density at radius 3 is 1.61 bits per heavy atom. The van der Waals surface area contributed by atoms with Crippen LogP contribution in [0, 0.1) is 0 Å². The van der Waals surface area contributed by atoms with Crippen molar-refractivity contribution < 1.29 is 0 Å². The summed E-state index contributed by atoms with van der Waals surface area (Å²) in [7, 11) is 0. The Bertz CT molecular complexity index is 1280. The molecule has 5 aromatic rings. The van der Waals surface area contributed by atoms with Gasteiger partial charge in [0.05, 0.1) is 0 Å². The molecular formula is C29H28ClN2P. The average molecular weight is 471 g/mol. The molecule has 0 aliphatic rings. The molecule has 0 radical (unpaired) electrons. The molecule has 2 nitrogen and oxygen atoms in total. The van der Waals surface area contributed by atoms with Crippen LogP contribution in [0.25, 0.3) is 5.52 Å². The minimum atomic E-state index is -3.43. The van der Waals surface area contributed by atoms with Gasteiger partial charge in [-0.15, -0.1) is 0 Å². The van der Waals surface area contributed by atoms with Gasteiger partial charge in [-0.3, -0.25) is 0 Å². The van der Waals surface area contributed by atoms with E-state index in [1.165, 1.54) is 21.5 Å². The number of rotatable bonds is 6. The number of hydrogen-bond acceptors (Lipinski definition) is 1. The molecule has 0 atom stereocenters. The van der Waals surface area contributed by atoms with Gasteiger partial charge in [0.2, 0.25) is 0 Å². The Morgan fingerprint density at radius 1 is 0.697 bits per heavy atom. The van der Waals surface area contributed by atoms with E-state index >= 15 is 0 Å². The van der Waals surface area contributed by atoms with Gasteiger partial charge in [0.1, 0.15) is 0 Å². The Balaban J connectivity index is 1.91. The molecule has 5 rings (SSSR count). The van der Waals surface area contributed by atoms with Crippen molar-refractivity contribution in [3.8, 4) is 0 Å². The Kier molecular flexibility index (Phi) is 5.60. The van der Waals surface area contributed by atoms with Gasteiger partial charge < -0.3 is 0 Å². The molecule has 0 amide bonds. The molecule has 0 aliphatic heterocycles. The number of hydrogen-bond donors (Lipinski definition) is 0. The van der Waals surface area contributed by atoms with Gasteiger partial charge in [0.15, 0.2) is 0 Å². The van der Waals surface area contributed by atoms with E-state index in [1.807, 2.05) is 16.8 Å². The van der Waals surface area contributed by atoms with Gasteiger partial charge >= 0.3 is 201 Å². The van der Waals surface area contributed by atoms with Crippen LogP contribution in [0.5, 0.6) is 0 Å². The molecule has 3 aromatic carbocycles. The molecule has 166 valence electrons. The summed E-state index contributed by atoms with van der Waals surface area (Å²) >= 11 is 8.34. The number of pyridine rings is 1. The van der Waals surface area contributed by atoms with E-state index in [2.05, 4.69) is 117 Å². The van der Waals surface area contributed by atoms with Crippen LogP contribution in [-0.2, 0) is 6.16 Å². The Morgan fingerprint density at radius 2 is 1.15 bits per heavy atom. The van der Waals surface area contributed by atoms with Crippen LogP contribution in [-0.4, -0.2) is 9.61 Å². The summed E-state index contributed by atoms with van der Waals surface area (Å²) in [4.78, 5) is 0. The number of halogens is 1. The molecule has 2 heterocycles. The molecule has 0 saturated heterocycles. The van der Waals surface area contributed by atoms with Crippen molar-refractivity contribution >= 4 is 38.6 Å². The SMILES string of the molecule is CC(C)c1nn2ccccc2c1CP(Cl)(c1ccccc1)(c1ccccc1)c1ccccc1. The quantitative estimate of drug-likeness (QED) is 0.254. The van der Waals surface area contributed by atoms with Crippen LogP contribution in [0.3, 0.4) is 0 Å². The van der Waals surface area contributed by atoms with Gasteiger partial charge in [-0.05, 0) is 0 Å². The second-order valence-electron chi connectivity index (χ2n) is 8.90. The molecule has 0 N–H and O–H groups in total. The zero-order valence-electron chi connectivity index (χ0n) is 19.0. The third kappa shape index (κ3) is 3.50. The zero-order chi connectivity index (χ0) is 22.9. The molecule has 2 aromatic heterocycles.